The van der Waals surface area contributed by atoms with Gasteiger partial charge in [0.15, 0.2) is 0 Å². The van der Waals surface area contributed by atoms with Crippen molar-refractivity contribution in [3.8, 4) is 0 Å². The average molecular weight is 252 g/mol. The molecule has 1 saturated heterocycles. The highest BCUT2D eigenvalue weighted by Crippen LogP contribution is 2.19. The first kappa shape index (κ1) is 13.1. The van der Waals surface area contributed by atoms with Crippen molar-refractivity contribution in [1.82, 2.24) is 10.2 Å². The highest BCUT2D eigenvalue weighted by Gasteiger charge is 2.22. The van der Waals surface area contributed by atoms with Gasteiger partial charge in [-0.05, 0) is 51.9 Å². The van der Waals surface area contributed by atoms with E-state index in [-0.39, 0.29) is 0 Å². The number of piperidine rings is 1. The van der Waals surface area contributed by atoms with E-state index in [1.54, 1.807) is 0 Å². The van der Waals surface area contributed by atoms with E-state index in [1.807, 2.05) is 11.3 Å². The monoisotopic (exact) mass is 252 g/mol. The molecule has 96 valence electrons. The fraction of sp³-hybridized carbons (Fsp3) is 0.714. The van der Waals surface area contributed by atoms with Crippen LogP contribution in [0.4, 0.5) is 0 Å². The second-order valence-corrected chi connectivity index (χ2v) is 6.41. The number of nitrogens with one attached hydrogen (secondary N) is 1. The predicted octanol–water partition coefficient (Wildman–Crippen LogP) is 2.88. The number of nitrogens with zero attached hydrogens (tertiary/aromatic N) is 1. The molecule has 1 aromatic rings. The Hall–Kier alpha value is -0.380. The van der Waals surface area contributed by atoms with Crippen LogP contribution in [0.25, 0.3) is 0 Å². The van der Waals surface area contributed by atoms with Gasteiger partial charge in [-0.15, -0.1) is 11.3 Å². The van der Waals surface area contributed by atoms with Gasteiger partial charge in [-0.1, -0.05) is 6.92 Å². The maximum Gasteiger partial charge on any atom is 0.0302 e. The molecule has 2 unspecified atom stereocenters. The lowest BCUT2D eigenvalue weighted by Gasteiger charge is -2.35. The van der Waals surface area contributed by atoms with Crippen molar-refractivity contribution in [3.05, 3.63) is 21.9 Å². The summed E-state index contributed by atoms with van der Waals surface area (Å²) in [4.78, 5) is 5.44. The minimum Gasteiger partial charge on any atom is -0.309 e. The Labute approximate surface area is 109 Å². The van der Waals surface area contributed by atoms with Crippen molar-refractivity contribution < 1.29 is 0 Å². The molecule has 0 radical (unpaired) electrons. The maximum absolute atomic E-state index is 3.71. The fourth-order valence-electron chi connectivity index (χ4n) is 2.43. The third-order valence-corrected chi connectivity index (χ3v) is 5.07. The number of thiophene rings is 1. The third-order valence-electron chi connectivity index (χ3n) is 3.84. The van der Waals surface area contributed by atoms with Crippen LogP contribution >= 0.6 is 11.3 Å². The Kier molecular flexibility index (Phi) is 4.60. The highest BCUT2D eigenvalue weighted by molar-refractivity contribution is 7.11. The molecule has 0 aliphatic carbocycles. The van der Waals surface area contributed by atoms with Crippen LogP contribution < -0.4 is 5.32 Å². The molecule has 1 aliphatic rings. The van der Waals surface area contributed by atoms with Gasteiger partial charge in [0.05, 0.1) is 0 Å². The number of aryl methyl sites for hydroxylation is 1. The van der Waals surface area contributed by atoms with Crippen LogP contribution in [-0.2, 0) is 13.0 Å². The summed E-state index contributed by atoms with van der Waals surface area (Å²) in [6, 6.07) is 5.96. The van der Waals surface area contributed by atoms with Gasteiger partial charge in [-0.3, -0.25) is 0 Å². The smallest absolute Gasteiger partial charge is 0.0302 e. The quantitative estimate of drug-likeness (QED) is 0.886. The van der Waals surface area contributed by atoms with Crippen LogP contribution in [0.1, 0.15) is 36.4 Å². The molecule has 2 heterocycles. The largest absolute Gasteiger partial charge is 0.309 e. The molecule has 0 bridgehead atoms. The van der Waals surface area contributed by atoms with E-state index in [1.165, 1.54) is 29.1 Å². The lowest BCUT2D eigenvalue weighted by Crippen LogP contribution is -2.45. The first-order valence-corrected chi connectivity index (χ1v) is 7.52. The molecule has 1 aromatic heterocycles. The Morgan fingerprint density at radius 2 is 2.18 bits per heavy atom. The zero-order valence-corrected chi connectivity index (χ0v) is 12.0. The molecular formula is C14H24N2S. The summed E-state index contributed by atoms with van der Waals surface area (Å²) < 4.78 is 0. The van der Waals surface area contributed by atoms with Gasteiger partial charge in [0.25, 0.3) is 0 Å². The lowest BCUT2D eigenvalue weighted by molar-refractivity contribution is 0.168. The van der Waals surface area contributed by atoms with Crippen molar-refractivity contribution in [3.63, 3.8) is 0 Å². The third kappa shape index (κ3) is 3.54. The normalized spacial score (nSPS) is 26.3. The first-order valence-electron chi connectivity index (χ1n) is 6.70. The standard InChI is InChI=1S/C14H24N2S/c1-4-13-5-6-14(17-13)10-15-12-7-8-16(3)11(2)9-12/h5-6,11-12,15H,4,7-10H2,1-3H3. The van der Waals surface area contributed by atoms with E-state index in [9.17, 15) is 0 Å². The molecule has 0 amide bonds. The summed E-state index contributed by atoms with van der Waals surface area (Å²) in [5.41, 5.74) is 0. The van der Waals surface area contributed by atoms with Gasteiger partial charge in [0.2, 0.25) is 0 Å². The van der Waals surface area contributed by atoms with Crippen molar-refractivity contribution >= 4 is 11.3 Å². The highest BCUT2D eigenvalue weighted by atomic mass is 32.1. The molecule has 1 N–H and O–H groups in total. The first-order chi connectivity index (χ1) is 8.19. The van der Waals surface area contributed by atoms with Gasteiger partial charge in [-0.25, -0.2) is 0 Å². The molecule has 0 spiro atoms. The Morgan fingerprint density at radius 3 is 2.82 bits per heavy atom. The zero-order valence-electron chi connectivity index (χ0n) is 11.2. The summed E-state index contributed by atoms with van der Waals surface area (Å²) in [5, 5.41) is 3.71. The van der Waals surface area contributed by atoms with E-state index >= 15 is 0 Å². The fourth-order valence-corrected chi connectivity index (χ4v) is 3.34. The van der Waals surface area contributed by atoms with Gasteiger partial charge in [0.1, 0.15) is 0 Å². The van der Waals surface area contributed by atoms with Crippen LogP contribution in [-0.4, -0.2) is 30.6 Å². The van der Waals surface area contributed by atoms with Gasteiger partial charge < -0.3 is 10.2 Å². The van der Waals surface area contributed by atoms with Crippen molar-refractivity contribution in [2.24, 2.45) is 0 Å². The number of rotatable bonds is 4. The second kappa shape index (κ2) is 5.98. The van der Waals surface area contributed by atoms with Crippen LogP contribution in [0.2, 0.25) is 0 Å². The molecule has 2 rings (SSSR count). The molecule has 1 fully saturated rings. The zero-order chi connectivity index (χ0) is 12.3. The van der Waals surface area contributed by atoms with Crippen LogP contribution in [0.3, 0.4) is 0 Å². The van der Waals surface area contributed by atoms with Gasteiger partial charge in [-0.2, -0.15) is 0 Å². The van der Waals surface area contributed by atoms with Crippen LogP contribution in [0.5, 0.6) is 0 Å². The molecule has 17 heavy (non-hydrogen) atoms. The van der Waals surface area contributed by atoms with Crippen molar-refractivity contribution in [2.75, 3.05) is 13.6 Å². The summed E-state index contributed by atoms with van der Waals surface area (Å²) in [5.74, 6) is 0. The number of likely N-dealkylation sites (tertiary alicyclic amines) is 1. The van der Waals surface area contributed by atoms with Crippen LogP contribution in [0.15, 0.2) is 12.1 Å². The molecule has 1 aliphatic heterocycles. The molecule has 2 atom stereocenters. The number of hydrogen-bond acceptors (Lipinski definition) is 3. The summed E-state index contributed by atoms with van der Waals surface area (Å²) in [6.07, 6.45) is 3.73. The Balaban J connectivity index is 1.78. The van der Waals surface area contributed by atoms with E-state index < -0.39 is 0 Å². The summed E-state index contributed by atoms with van der Waals surface area (Å²) in [6.45, 7) is 6.82. The van der Waals surface area contributed by atoms with E-state index in [0.717, 1.165) is 19.0 Å². The molecule has 2 nitrogen and oxygen atoms in total. The second-order valence-electron chi connectivity index (χ2n) is 5.15. The minimum absolute atomic E-state index is 0.702. The minimum atomic E-state index is 0.702. The molecule has 3 heteroatoms. The van der Waals surface area contributed by atoms with Crippen molar-refractivity contribution in [1.29, 1.82) is 0 Å². The van der Waals surface area contributed by atoms with E-state index in [4.69, 9.17) is 0 Å². The Bertz CT molecular complexity index is 348. The average Bonchev–Trinajstić information content (AvgIpc) is 2.79. The molecule has 0 aromatic carbocycles. The van der Waals surface area contributed by atoms with Crippen molar-refractivity contribution in [2.45, 2.75) is 51.7 Å². The Morgan fingerprint density at radius 1 is 1.41 bits per heavy atom. The SMILES string of the molecule is CCc1ccc(CNC2CCN(C)C(C)C2)s1. The number of hydrogen-bond donors (Lipinski definition) is 1. The summed E-state index contributed by atoms with van der Waals surface area (Å²) in [7, 11) is 2.23. The van der Waals surface area contributed by atoms with Gasteiger partial charge in [0, 0.05) is 28.4 Å². The molecule has 0 saturated carbocycles. The lowest BCUT2D eigenvalue weighted by atomic mass is 9.99. The van der Waals surface area contributed by atoms with E-state index in [0.29, 0.717) is 6.04 Å². The predicted molar refractivity (Wildman–Crippen MR) is 75.7 cm³/mol. The van der Waals surface area contributed by atoms with Crippen LogP contribution in [0, 0.1) is 0 Å². The maximum atomic E-state index is 3.71. The van der Waals surface area contributed by atoms with Gasteiger partial charge >= 0.3 is 0 Å². The van der Waals surface area contributed by atoms with E-state index in [2.05, 4.69) is 43.2 Å². The topological polar surface area (TPSA) is 15.3 Å². The summed E-state index contributed by atoms with van der Waals surface area (Å²) >= 11 is 1.95. The molecular weight excluding hydrogens is 228 g/mol.